The van der Waals surface area contributed by atoms with E-state index in [2.05, 4.69) is 5.32 Å². The van der Waals surface area contributed by atoms with Gasteiger partial charge < -0.3 is 10.2 Å². The van der Waals surface area contributed by atoms with Gasteiger partial charge in [-0.1, -0.05) is 19.1 Å². The highest BCUT2D eigenvalue weighted by molar-refractivity contribution is 7.92. The summed E-state index contributed by atoms with van der Waals surface area (Å²) in [5, 5.41) is 2.50. The Balaban J connectivity index is 2.40. The van der Waals surface area contributed by atoms with E-state index in [9.17, 15) is 26.8 Å². The van der Waals surface area contributed by atoms with Gasteiger partial charge in [0, 0.05) is 13.6 Å². The van der Waals surface area contributed by atoms with E-state index >= 15 is 0 Å². The Morgan fingerprint density at radius 2 is 1.52 bits per heavy atom. The fourth-order valence-corrected chi connectivity index (χ4v) is 3.94. The number of nitrogens with zero attached hydrogens (tertiary/aromatic N) is 2. The molecule has 0 aromatic heterocycles. The summed E-state index contributed by atoms with van der Waals surface area (Å²) in [6.45, 7) is 1.12. The minimum atomic E-state index is -3.88. The van der Waals surface area contributed by atoms with Gasteiger partial charge in [-0.3, -0.25) is 13.9 Å². The summed E-state index contributed by atoms with van der Waals surface area (Å²) in [5.74, 6) is -2.04. The first kappa shape index (κ1) is 24.3. The summed E-state index contributed by atoms with van der Waals surface area (Å²) in [5.41, 5.74) is 0.691. The molecule has 0 heterocycles. The fourth-order valence-electron chi connectivity index (χ4n) is 3.09. The molecule has 0 saturated heterocycles. The molecule has 10 heteroatoms. The van der Waals surface area contributed by atoms with Crippen molar-refractivity contribution in [3.05, 3.63) is 65.7 Å². The maximum atomic E-state index is 13.3. The minimum Gasteiger partial charge on any atom is -0.357 e. The third-order valence-corrected chi connectivity index (χ3v) is 5.83. The van der Waals surface area contributed by atoms with E-state index in [1.54, 1.807) is 6.92 Å². The van der Waals surface area contributed by atoms with Crippen molar-refractivity contribution < 1.29 is 26.8 Å². The summed E-state index contributed by atoms with van der Waals surface area (Å²) in [6, 6.07) is 9.27. The SMILES string of the molecule is CC[C@@H](C(=O)NC)N(Cc1ccc(F)cc1)C(=O)CN(c1ccc(F)cc1)S(C)(=O)=O. The molecule has 0 spiro atoms. The first-order chi connectivity index (χ1) is 14.6. The highest BCUT2D eigenvalue weighted by atomic mass is 32.2. The van der Waals surface area contributed by atoms with E-state index in [-0.39, 0.29) is 18.7 Å². The molecule has 0 fully saturated rings. The van der Waals surface area contributed by atoms with Gasteiger partial charge in [0.2, 0.25) is 21.8 Å². The van der Waals surface area contributed by atoms with Gasteiger partial charge in [-0.05, 0) is 48.4 Å². The number of rotatable bonds is 9. The molecule has 2 rings (SSSR count). The van der Waals surface area contributed by atoms with Crippen LogP contribution < -0.4 is 9.62 Å². The van der Waals surface area contributed by atoms with Gasteiger partial charge in [-0.15, -0.1) is 0 Å². The third-order valence-electron chi connectivity index (χ3n) is 4.69. The molecule has 31 heavy (non-hydrogen) atoms. The number of carbonyl (C=O) groups is 2. The lowest BCUT2D eigenvalue weighted by Crippen LogP contribution is -2.51. The zero-order valence-electron chi connectivity index (χ0n) is 17.5. The van der Waals surface area contributed by atoms with E-state index in [4.69, 9.17) is 0 Å². The van der Waals surface area contributed by atoms with Crippen LogP contribution in [0.15, 0.2) is 48.5 Å². The van der Waals surface area contributed by atoms with Crippen LogP contribution in [-0.2, 0) is 26.2 Å². The van der Waals surface area contributed by atoms with Crippen molar-refractivity contribution in [3.63, 3.8) is 0 Å². The Labute approximate surface area is 180 Å². The molecule has 0 bridgehead atoms. The van der Waals surface area contributed by atoms with Gasteiger partial charge in [-0.2, -0.15) is 0 Å². The van der Waals surface area contributed by atoms with Crippen molar-refractivity contribution in [1.82, 2.24) is 10.2 Å². The van der Waals surface area contributed by atoms with Crippen molar-refractivity contribution in [3.8, 4) is 0 Å². The lowest BCUT2D eigenvalue weighted by molar-refractivity contribution is -0.140. The summed E-state index contributed by atoms with van der Waals surface area (Å²) in [6.07, 6.45) is 1.21. The Bertz CT molecular complexity index is 1010. The number of benzene rings is 2. The molecule has 1 atom stereocenters. The Morgan fingerprint density at radius 3 is 1.97 bits per heavy atom. The standard InChI is InChI=1S/C21H25F2N3O4S/c1-4-19(21(28)24-2)25(13-15-5-7-16(22)8-6-15)20(27)14-26(31(3,29)30)18-11-9-17(23)10-12-18/h5-12,19H,4,13-14H2,1-3H3,(H,24,28)/t19-/m0/s1. The van der Waals surface area contributed by atoms with Crippen LogP contribution in [0.5, 0.6) is 0 Å². The zero-order valence-corrected chi connectivity index (χ0v) is 18.3. The third kappa shape index (κ3) is 6.48. The van der Waals surface area contributed by atoms with Crippen LogP contribution in [0.25, 0.3) is 0 Å². The van der Waals surface area contributed by atoms with Crippen LogP contribution in [0.2, 0.25) is 0 Å². The molecule has 1 N–H and O–H groups in total. The van der Waals surface area contributed by atoms with Crippen LogP contribution in [0.3, 0.4) is 0 Å². The van der Waals surface area contributed by atoms with Crippen molar-refractivity contribution >= 4 is 27.5 Å². The van der Waals surface area contributed by atoms with Crippen LogP contribution in [-0.4, -0.2) is 51.0 Å². The minimum absolute atomic E-state index is 0.0218. The Morgan fingerprint density at radius 1 is 1.00 bits per heavy atom. The van der Waals surface area contributed by atoms with Gasteiger partial charge in [0.1, 0.15) is 24.2 Å². The van der Waals surface area contributed by atoms with E-state index in [1.807, 2.05) is 0 Å². The van der Waals surface area contributed by atoms with Gasteiger partial charge in [-0.25, -0.2) is 17.2 Å². The molecule has 0 radical (unpaired) electrons. The van der Waals surface area contributed by atoms with Crippen LogP contribution in [0.4, 0.5) is 14.5 Å². The molecule has 0 aliphatic rings. The molecule has 0 unspecified atom stereocenters. The Hall–Kier alpha value is -3.01. The molecule has 0 saturated carbocycles. The number of hydrogen-bond donors (Lipinski definition) is 1. The highest BCUT2D eigenvalue weighted by Crippen LogP contribution is 2.20. The predicted molar refractivity (Wildman–Crippen MR) is 114 cm³/mol. The summed E-state index contributed by atoms with van der Waals surface area (Å²) >= 11 is 0. The fraction of sp³-hybridized carbons (Fsp3) is 0.333. The van der Waals surface area contributed by atoms with Crippen LogP contribution >= 0.6 is 0 Å². The number of carbonyl (C=O) groups excluding carboxylic acids is 2. The number of nitrogens with one attached hydrogen (secondary N) is 1. The Kier molecular flexibility index (Phi) is 8.09. The van der Waals surface area contributed by atoms with Crippen molar-refractivity contribution in [2.45, 2.75) is 25.9 Å². The van der Waals surface area contributed by atoms with Crippen LogP contribution in [0.1, 0.15) is 18.9 Å². The maximum absolute atomic E-state index is 13.3. The molecule has 0 aliphatic carbocycles. The molecular weight excluding hydrogens is 428 g/mol. The second-order valence-corrected chi connectivity index (χ2v) is 8.84. The smallest absolute Gasteiger partial charge is 0.244 e. The number of sulfonamides is 1. The highest BCUT2D eigenvalue weighted by Gasteiger charge is 2.31. The molecule has 2 aromatic rings. The summed E-state index contributed by atoms with van der Waals surface area (Å²) < 4.78 is 52.1. The molecule has 2 aromatic carbocycles. The largest absolute Gasteiger partial charge is 0.357 e. The van der Waals surface area contributed by atoms with E-state index in [0.717, 1.165) is 22.7 Å². The normalized spacial score (nSPS) is 12.2. The first-order valence-corrected chi connectivity index (χ1v) is 11.4. The summed E-state index contributed by atoms with van der Waals surface area (Å²) in [4.78, 5) is 26.9. The van der Waals surface area contributed by atoms with Crippen molar-refractivity contribution in [1.29, 1.82) is 0 Å². The molecule has 0 aliphatic heterocycles. The lowest BCUT2D eigenvalue weighted by atomic mass is 10.1. The second kappa shape index (κ2) is 10.3. The van der Waals surface area contributed by atoms with Gasteiger partial charge in [0.25, 0.3) is 0 Å². The average molecular weight is 454 g/mol. The number of amides is 2. The monoisotopic (exact) mass is 453 g/mol. The molecular formula is C21H25F2N3O4S. The number of hydrogen-bond acceptors (Lipinski definition) is 4. The zero-order chi connectivity index (χ0) is 23.2. The quantitative estimate of drug-likeness (QED) is 0.631. The molecule has 168 valence electrons. The second-order valence-electron chi connectivity index (χ2n) is 6.93. The average Bonchev–Trinajstić information content (AvgIpc) is 2.72. The predicted octanol–water partition coefficient (Wildman–Crippen LogP) is 2.28. The topological polar surface area (TPSA) is 86.8 Å². The molecule has 7 nitrogen and oxygen atoms in total. The first-order valence-electron chi connectivity index (χ1n) is 9.55. The lowest BCUT2D eigenvalue weighted by Gasteiger charge is -2.32. The van der Waals surface area contributed by atoms with Crippen molar-refractivity contribution in [2.75, 3.05) is 24.2 Å². The van der Waals surface area contributed by atoms with Gasteiger partial charge in [0.05, 0.1) is 11.9 Å². The maximum Gasteiger partial charge on any atom is 0.244 e. The number of halogens is 2. The number of anilines is 1. The van der Waals surface area contributed by atoms with E-state index in [1.165, 1.54) is 48.3 Å². The number of likely N-dealkylation sites (N-methyl/N-ethyl adjacent to an activating group) is 1. The van der Waals surface area contributed by atoms with Gasteiger partial charge >= 0.3 is 0 Å². The van der Waals surface area contributed by atoms with Crippen molar-refractivity contribution in [2.24, 2.45) is 0 Å². The van der Waals surface area contributed by atoms with Crippen LogP contribution in [0, 0.1) is 11.6 Å². The van der Waals surface area contributed by atoms with Gasteiger partial charge in [0.15, 0.2) is 0 Å². The summed E-state index contributed by atoms with van der Waals surface area (Å²) in [7, 11) is -2.45. The van der Waals surface area contributed by atoms with E-state index in [0.29, 0.717) is 5.56 Å². The molecule has 2 amide bonds. The van der Waals surface area contributed by atoms with E-state index < -0.39 is 46.1 Å².